The second kappa shape index (κ2) is 4.01. The minimum atomic E-state index is 0.585. The Bertz CT molecular complexity index is 323. The van der Waals surface area contributed by atoms with Crippen molar-refractivity contribution in [3.8, 4) is 0 Å². The topological polar surface area (TPSA) is 25.2 Å². The highest BCUT2D eigenvalue weighted by Gasteiger charge is 2.44. The summed E-state index contributed by atoms with van der Waals surface area (Å²) in [5.74, 6) is 2.84. The highest BCUT2D eigenvalue weighted by molar-refractivity contribution is 5.05. The van der Waals surface area contributed by atoms with E-state index in [1.165, 1.54) is 12.8 Å². The average Bonchev–Trinajstić information content (AvgIpc) is 2.86. The van der Waals surface area contributed by atoms with Gasteiger partial charge in [0, 0.05) is 6.54 Å². The molecule has 15 heavy (non-hydrogen) atoms. The summed E-state index contributed by atoms with van der Waals surface area (Å²) < 4.78 is 5.52. The molecule has 84 valence electrons. The first kappa shape index (κ1) is 10.7. The second-order valence-corrected chi connectivity index (χ2v) is 5.13. The second-order valence-electron chi connectivity index (χ2n) is 5.13. The number of furan rings is 1. The van der Waals surface area contributed by atoms with Crippen LogP contribution in [0, 0.1) is 18.3 Å². The van der Waals surface area contributed by atoms with Crippen molar-refractivity contribution in [1.29, 1.82) is 0 Å². The molecule has 1 aliphatic rings. The van der Waals surface area contributed by atoms with E-state index in [0.717, 1.165) is 30.5 Å². The van der Waals surface area contributed by atoms with Gasteiger partial charge in [-0.25, -0.2) is 0 Å². The van der Waals surface area contributed by atoms with Crippen LogP contribution in [-0.4, -0.2) is 6.54 Å². The van der Waals surface area contributed by atoms with Crippen molar-refractivity contribution in [2.24, 2.45) is 11.3 Å². The van der Waals surface area contributed by atoms with E-state index in [4.69, 9.17) is 4.42 Å². The van der Waals surface area contributed by atoms with Crippen LogP contribution in [-0.2, 0) is 6.54 Å². The number of hydrogen-bond donors (Lipinski definition) is 1. The monoisotopic (exact) mass is 207 g/mol. The Morgan fingerprint density at radius 2 is 2.13 bits per heavy atom. The quantitative estimate of drug-likeness (QED) is 0.802. The number of hydrogen-bond acceptors (Lipinski definition) is 2. The van der Waals surface area contributed by atoms with Gasteiger partial charge < -0.3 is 9.73 Å². The molecule has 1 N–H and O–H groups in total. The van der Waals surface area contributed by atoms with E-state index in [9.17, 15) is 0 Å². The van der Waals surface area contributed by atoms with Gasteiger partial charge in [0.2, 0.25) is 0 Å². The lowest BCUT2D eigenvalue weighted by Gasteiger charge is -2.19. The smallest absolute Gasteiger partial charge is 0.117 e. The van der Waals surface area contributed by atoms with Crippen LogP contribution < -0.4 is 5.32 Å². The van der Waals surface area contributed by atoms with Gasteiger partial charge >= 0.3 is 0 Å². The summed E-state index contributed by atoms with van der Waals surface area (Å²) in [5, 5.41) is 3.51. The Kier molecular flexibility index (Phi) is 2.87. The van der Waals surface area contributed by atoms with Crippen LogP contribution in [0.4, 0.5) is 0 Å². The zero-order valence-corrected chi connectivity index (χ0v) is 9.97. The number of nitrogens with one attached hydrogen (secondary N) is 1. The van der Waals surface area contributed by atoms with Crippen LogP contribution >= 0.6 is 0 Å². The lowest BCUT2D eigenvalue weighted by molar-refractivity contribution is 0.330. The van der Waals surface area contributed by atoms with Gasteiger partial charge in [-0.1, -0.05) is 13.8 Å². The third-order valence-corrected chi connectivity index (χ3v) is 3.69. The third-order valence-electron chi connectivity index (χ3n) is 3.69. The molecule has 0 bridgehead atoms. The van der Waals surface area contributed by atoms with Crippen molar-refractivity contribution in [2.45, 2.75) is 40.2 Å². The Morgan fingerprint density at radius 1 is 1.40 bits per heavy atom. The van der Waals surface area contributed by atoms with E-state index in [1.807, 2.05) is 13.0 Å². The van der Waals surface area contributed by atoms with Crippen molar-refractivity contribution in [3.63, 3.8) is 0 Å². The van der Waals surface area contributed by atoms with Crippen molar-refractivity contribution in [3.05, 3.63) is 23.7 Å². The summed E-state index contributed by atoms with van der Waals surface area (Å²) in [6.07, 6.45) is 2.77. The summed E-state index contributed by atoms with van der Waals surface area (Å²) >= 11 is 0. The zero-order chi connectivity index (χ0) is 10.9. The number of rotatable bonds is 5. The molecule has 2 nitrogen and oxygen atoms in total. The SMILES string of the molecule is Cc1ccc(CNCC2(C(C)C)CC2)o1. The first-order valence-electron chi connectivity index (χ1n) is 5.88. The van der Waals surface area contributed by atoms with Gasteiger partial charge in [-0.3, -0.25) is 0 Å². The Balaban J connectivity index is 1.76. The van der Waals surface area contributed by atoms with E-state index >= 15 is 0 Å². The molecule has 0 atom stereocenters. The fraction of sp³-hybridized carbons (Fsp3) is 0.692. The van der Waals surface area contributed by atoms with Crippen molar-refractivity contribution in [2.75, 3.05) is 6.54 Å². The summed E-state index contributed by atoms with van der Waals surface area (Å²) in [4.78, 5) is 0. The van der Waals surface area contributed by atoms with Gasteiger partial charge in [-0.15, -0.1) is 0 Å². The maximum atomic E-state index is 5.52. The van der Waals surface area contributed by atoms with Gasteiger partial charge in [0.25, 0.3) is 0 Å². The van der Waals surface area contributed by atoms with Crippen molar-refractivity contribution < 1.29 is 4.42 Å². The lowest BCUT2D eigenvalue weighted by atomic mass is 9.92. The molecular weight excluding hydrogens is 186 g/mol. The lowest BCUT2D eigenvalue weighted by Crippen LogP contribution is -2.27. The molecule has 1 aromatic heterocycles. The molecular formula is C13H21NO. The zero-order valence-electron chi connectivity index (χ0n) is 9.97. The van der Waals surface area contributed by atoms with Crippen molar-refractivity contribution >= 4 is 0 Å². The predicted molar refractivity (Wildman–Crippen MR) is 61.7 cm³/mol. The van der Waals surface area contributed by atoms with Gasteiger partial charge in [0.15, 0.2) is 0 Å². The molecule has 1 fully saturated rings. The molecule has 0 amide bonds. The summed E-state index contributed by atoms with van der Waals surface area (Å²) in [6, 6.07) is 4.07. The minimum absolute atomic E-state index is 0.585. The van der Waals surface area contributed by atoms with Crippen LogP contribution in [0.25, 0.3) is 0 Å². The predicted octanol–water partition coefficient (Wildman–Crippen LogP) is 3.11. The molecule has 2 heteroatoms. The largest absolute Gasteiger partial charge is 0.465 e. The fourth-order valence-corrected chi connectivity index (χ4v) is 2.13. The first-order chi connectivity index (χ1) is 7.12. The van der Waals surface area contributed by atoms with Gasteiger partial charge in [-0.05, 0) is 43.2 Å². The van der Waals surface area contributed by atoms with Gasteiger partial charge in [0.1, 0.15) is 11.5 Å². The molecule has 0 aromatic carbocycles. The maximum Gasteiger partial charge on any atom is 0.117 e. The standard InChI is InChI=1S/C13H21NO/c1-10(2)13(6-7-13)9-14-8-12-5-4-11(3)15-12/h4-5,10,14H,6-9H2,1-3H3. The molecule has 0 unspecified atom stereocenters. The van der Waals surface area contributed by atoms with E-state index < -0.39 is 0 Å². The first-order valence-corrected chi connectivity index (χ1v) is 5.88. The van der Waals surface area contributed by atoms with Crippen LogP contribution in [0.2, 0.25) is 0 Å². The summed E-state index contributed by atoms with van der Waals surface area (Å²) in [6.45, 7) is 8.63. The van der Waals surface area contributed by atoms with E-state index in [2.05, 4.69) is 25.2 Å². The molecule has 1 heterocycles. The molecule has 1 aliphatic carbocycles. The molecule has 0 aliphatic heterocycles. The molecule has 0 spiro atoms. The minimum Gasteiger partial charge on any atom is -0.465 e. The molecule has 1 saturated carbocycles. The van der Waals surface area contributed by atoms with Gasteiger partial charge in [0.05, 0.1) is 6.54 Å². The van der Waals surface area contributed by atoms with E-state index in [-0.39, 0.29) is 0 Å². The van der Waals surface area contributed by atoms with E-state index in [0.29, 0.717) is 5.41 Å². The van der Waals surface area contributed by atoms with E-state index in [1.54, 1.807) is 0 Å². The van der Waals surface area contributed by atoms with Crippen LogP contribution in [0.5, 0.6) is 0 Å². The molecule has 2 rings (SSSR count). The number of aryl methyl sites for hydroxylation is 1. The molecule has 0 radical (unpaired) electrons. The molecule has 0 saturated heterocycles. The highest BCUT2D eigenvalue weighted by Crippen LogP contribution is 2.51. The fourth-order valence-electron chi connectivity index (χ4n) is 2.13. The van der Waals surface area contributed by atoms with Crippen LogP contribution in [0.15, 0.2) is 16.5 Å². The summed E-state index contributed by atoms with van der Waals surface area (Å²) in [5.41, 5.74) is 0.585. The average molecular weight is 207 g/mol. The maximum absolute atomic E-state index is 5.52. The highest BCUT2D eigenvalue weighted by atomic mass is 16.3. The van der Waals surface area contributed by atoms with Crippen molar-refractivity contribution in [1.82, 2.24) is 5.32 Å². The normalized spacial score (nSPS) is 18.4. The van der Waals surface area contributed by atoms with Crippen LogP contribution in [0.3, 0.4) is 0 Å². The Hall–Kier alpha value is -0.760. The Labute approximate surface area is 92.1 Å². The van der Waals surface area contributed by atoms with Gasteiger partial charge in [-0.2, -0.15) is 0 Å². The third kappa shape index (κ3) is 2.43. The Morgan fingerprint density at radius 3 is 2.60 bits per heavy atom. The summed E-state index contributed by atoms with van der Waals surface area (Å²) in [7, 11) is 0. The van der Waals surface area contributed by atoms with Crippen LogP contribution in [0.1, 0.15) is 38.2 Å². The molecule has 1 aromatic rings.